The van der Waals surface area contributed by atoms with Gasteiger partial charge in [-0.25, -0.2) is 0 Å². The SMILES string of the molecule is Cc1ccc(CNC(=S)NC(=O)c2ccc(C(C)C)cc2)cc1. The number of nitrogens with one attached hydrogen (secondary N) is 2. The molecular weight excluding hydrogens is 304 g/mol. The fourth-order valence-corrected chi connectivity index (χ4v) is 2.29. The van der Waals surface area contributed by atoms with Crippen LogP contribution in [0.3, 0.4) is 0 Å². The van der Waals surface area contributed by atoms with Crippen molar-refractivity contribution in [1.29, 1.82) is 0 Å². The van der Waals surface area contributed by atoms with Crippen LogP contribution in [0.25, 0.3) is 0 Å². The van der Waals surface area contributed by atoms with Crippen LogP contribution in [0.2, 0.25) is 0 Å². The van der Waals surface area contributed by atoms with Crippen molar-refractivity contribution < 1.29 is 4.79 Å². The quantitative estimate of drug-likeness (QED) is 0.837. The molecule has 3 nitrogen and oxygen atoms in total. The van der Waals surface area contributed by atoms with Crippen LogP contribution in [-0.4, -0.2) is 11.0 Å². The molecular formula is C19H22N2OS. The summed E-state index contributed by atoms with van der Waals surface area (Å²) in [6, 6.07) is 15.8. The lowest BCUT2D eigenvalue weighted by Crippen LogP contribution is -2.38. The third-order valence-corrected chi connectivity index (χ3v) is 3.89. The van der Waals surface area contributed by atoms with Gasteiger partial charge in [0.1, 0.15) is 0 Å². The van der Waals surface area contributed by atoms with E-state index < -0.39 is 0 Å². The molecule has 0 heterocycles. The van der Waals surface area contributed by atoms with Crippen LogP contribution in [0.4, 0.5) is 0 Å². The van der Waals surface area contributed by atoms with E-state index in [1.165, 1.54) is 11.1 Å². The predicted molar refractivity (Wildman–Crippen MR) is 98.6 cm³/mol. The Kier molecular flexibility index (Phi) is 5.88. The monoisotopic (exact) mass is 326 g/mol. The van der Waals surface area contributed by atoms with Gasteiger partial charge in [-0.3, -0.25) is 10.1 Å². The fourth-order valence-electron chi connectivity index (χ4n) is 2.13. The van der Waals surface area contributed by atoms with Gasteiger partial charge in [0, 0.05) is 12.1 Å². The van der Waals surface area contributed by atoms with E-state index in [0.717, 1.165) is 5.56 Å². The summed E-state index contributed by atoms with van der Waals surface area (Å²) < 4.78 is 0. The fraction of sp³-hybridized carbons (Fsp3) is 0.263. The smallest absolute Gasteiger partial charge is 0.257 e. The largest absolute Gasteiger partial charge is 0.358 e. The Morgan fingerprint density at radius 1 is 1.04 bits per heavy atom. The first-order valence-electron chi connectivity index (χ1n) is 7.70. The summed E-state index contributed by atoms with van der Waals surface area (Å²) in [5.41, 5.74) is 4.15. The highest BCUT2D eigenvalue weighted by Crippen LogP contribution is 2.14. The highest BCUT2D eigenvalue weighted by Gasteiger charge is 2.08. The summed E-state index contributed by atoms with van der Waals surface area (Å²) in [4.78, 5) is 12.2. The zero-order valence-electron chi connectivity index (χ0n) is 13.7. The first-order valence-corrected chi connectivity index (χ1v) is 8.11. The number of hydrogen-bond acceptors (Lipinski definition) is 2. The minimum atomic E-state index is -0.193. The molecule has 2 N–H and O–H groups in total. The van der Waals surface area contributed by atoms with Crippen molar-refractivity contribution >= 4 is 23.2 Å². The van der Waals surface area contributed by atoms with Crippen molar-refractivity contribution in [3.05, 3.63) is 70.8 Å². The van der Waals surface area contributed by atoms with Gasteiger partial charge in [0.15, 0.2) is 5.11 Å². The second-order valence-corrected chi connectivity index (χ2v) is 6.31. The Morgan fingerprint density at radius 2 is 1.65 bits per heavy atom. The van der Waals surface area contributed by atoms with Gasteiger partial charge in [-0.15, -0.1) is 0 Å². The molecule has 0 aliphatic heterocycles. The molecule has 120 valence electrons. The Bertz CT molecular complexity index is 676. The van der Waals surface area contributed by atoms with E-state index in [1.54, 1.807) is 0 Å². The maximum atomic E-state index is 12.2. The minimum absolute atomic E-state index is 0.193. The van der Waals surface area contributed by atoms with E-state index in [4.69, 9.17) is 12.2 Å². The highest BCUT2D eigenvalue weighted by atomic mass is 32.1. The third-order valence-electron chi connectivity index (χ3n) is 3.64. The molecule has 0 unspecified atom stereocenters. The Labute approximate surface area is 143 Å². The number of aryl methyl sites for hydroxylation is 1. The Morgan fingerprint density at radius 3 is 2.22 bits per heavy atom. The van der Waals surface area contributed by atoms with Gasteiger partial charge >= 0.3 is 0 Å². The number of hydrogen-bond donors (Lipinski definition) is 2. The van der Waals surface area contributed by atoms with Crippen LogP contribution < -0.4 is 10.6 Å². The molecule has 2 rings (SSSR count). The molecule has 2 aromatic rings. The number of amides is 1. The topological polar surface area (TPSA) is 41.1 Å². The summed E-state index contributed by atoms with van der Waals surface area (Å²) in [6.07, 6.45) is 0. The van der Waals surface area contributed by atoms with Crippen LogP contribution in [0, 0.1) is 6.92 Å². The van der Waals surface area contributed by atoms with Gasteiger partial charge in [0.25, 0.3) is 5.91 Å². The normalized spacial score (nSPS) is 10.4. The van der Waals surface area contributed by atoms with Crippen molar-refractivity contribution in [2.75, 3.05) is 0 Å². The minimum Gasteiger partial charge on any atom is -0.358 e. The van der Waals surface area contributed by atoms with E-state index in [2.05, 4.69) is 36.6 Å². The van der Waals surface area contributed by atoms with Crippen LogP contribution in [0.1, 0.15) is 46.8 Å². The zero-order chi connectivity index (χ0) is 16.8. The van der Waals surface area contributed by atoms with Gasteiger partial charge in [-0.2, -0.15) is 0 Å². The highest BCUT2D eigenvalue weighted by molar-refractivity contribution is 7.80. The first kappa shape index (κ1) is 17.2. The van der Waals surface area contributed by atoms with Crippen LogP contribution in [0.15, 0.2) is 48.5 Å². The first-order chi connectivity index (χ1) is 11.0. The second-order valence-electron chi connectivity index (χ2n) is 5.90. The van der Waals surface area contributed by atoms with E-state index in [-0.39, 0.29) is 5.91 Å². The molecule has 2 aromatic carbocycles. The van der Waals surface area contributed by atoms with Gasteiger partial charge < -0.3 is 5.32 Å². The Hall–Kier alpha value is -2.20. The van der Waals surface area contributed by atoms with E-state index >= 15 is 0 Å². The molecule has 0 bridgehead atoms. The molecule has 0 saturated heterocycles. The second kappa shape index (κ2) is 7.88. The lowest BCUT2D eigenvalue weighted by Gasteiger charge is -2.11. The summed E-state index contributed by atoms with van der Waals surface area (Å²) in [5.74, 6) is 0.256. The van der Waals surface area contributed by atoms with Crippen molar-refractivity contribution in [2.24, 2.45) is 0 Å². The lowest BCUT2D eigenvalue weighted by molar-refractivity contribution is 0.0976. The number of benzene rings is 2. The molecule has 0 aliphatic rings. The third kappa shape index (κ3) is 5.18. The molecule has 23 heavy (non-hydrogen) atoms. The van der Waals surface area contributed by atoms with E-state index in [0.29, 0.717) is 23.1 Å². The molecule has 0 aromatic heterocycles. The maximum absolute atomic E-state index is 12.2. The lowest BCUT2D eigenvalue weighted by atomic mass is 10.0. The molecule has 0 atom stereocenters. The standard InChI is InChI=1S/C19H22N2OS/c1-13(2)16-8-10-17(11-9-16)18(22)21-19(23)20-12-15-6-4-14(3)5-7-15/h4-11,13H,12H2,1-3H3,(H2,20,21,22,23). The summed E-state index contributed by atoms with van der Waals surface area (Å²) in [6.45, 7) is 6.89. The van der Waals surface area contributed by atoms with Crippen molar-refractivity contribution in [2.45, 2.75) is 33.2 Å². The number of carbonyl (C=O) groups excluding carboxylic acids is 1. The molecule has 0 spiro atoms. The average molecular weight is 326 g/mol. The number of thiocarbonyl (C=S) groups is 1. The summed E-state index contributed by atoms with van der Waals surface area (Å²) in [7, 11) is 0. The van der Waals surface area contributed by atoms with Gasteiger partial charge in [0.2, 0.25) is 0 Å². The average Bonchev–Trinajstić information content (AvgIpc) is 2.54. The van der Waals surface area contributed by atoms with Crippen LogP contribution in [0.5, 0.6) is 0 Å². The number of carbonyl (C=O) groups is 1. The van der Waals surface area contributed by atoms with Crippen molar-refractivity contribution in [1.82, 2.24) is 10.6 Å². The zero-order valence-corrected chi connectivity index (χ0v) is 14.5. The van der Waals surface area contributed by atoms with Crippen molar-refractivity contribution in [3.63, 3.8) is 0 Å². The van der Waals surface area contributed by atoms with Crippen LogP contribution in [-0.2, 0) is 6.54 Å². The van der Waals surface area contributed by atoms with Gasteiger partial charge in [-0.05, 0) is 48.3 Å². The van der Waals surface area contributed by atoms with E-state index in [9.17, 15) is 4.79 Å². The molecule has 0 aliphatic carbocycles. The molecule has 0 saturated carbocycles. The molecule has 0 radical (unpaired) electrons. The predicted octanol–water partition coefficient (Wildman–Crippen LogP) is 3.92. The molecule has 1 amide bonds. The summed E-state index contributed by atoms with van der Waals surface area (Å²) >= 11 is 5.18. The van der Waals surface area contributed by atoms with Gasteiger partial charge in [0.05, 0.1) is 0 Å². The van der Waals surface area contributed by atoms with E-state index in [1.807, 2.05) is 43.3 Å². The van der Waals surface area contributed by atoms with Crippen molar-refractivity contribution in [3.8, 4) is 0 Å². The van der Waals surface area contributed by atoms with Gasteiger partial charge in [-0.1, -0.05) is 55.8 Å². The Balaban J connectivity index is 1.86. The molecule has 4 heteroatoms. The molecule has 0 fully saturated rings. The maximum Gasteiger partial charge on any atom is 0.257 e. The number of rotatable bonds is 4. The van der Waals surface area contributed by atoms with Crippen LogP contribution >= 0.6 is 12.2 Å². The summed E-state index contributed by atoms with van der Waals surface area (Å²) in [5, 5.41) is 6.09.